The summed E-state index contributed by atoms with van der Waals surface area (Å²) in [6, 6.07) is 5.65. The fourth-order valence-corrected chi connectivity index (χ4v) is 2.54. The topological polar surface area (TPSA) is 61.4 Å². The van der Waals surface area contributed by atoms with Crippen LogP contribution in [0.4, 0.5) is 5.69 Å². The Morgan fingerprint density at radius 2 is 1.86 bits per heavy atom. The van der Waals surface area contributed by atoms with Gasteiger partial charge in [-0.3, -0.25) is 9.59 Å². The number of hydrogen-bond acceptors (Lipinski definition) is 3. The largest absolute Gasteiger partial charge is 0.347 e. The molecular weight excluding hydrogens is 381 g/mol. The number of hydrogen-bond donors (Lipinski definition) is 2. The van der Waals surface area contributed by atoms with Crippen LogP contribution in [-0.4, -0.2) is 42.9 Å². The standard InChI is InChI=1S/C15H22IN3O2/c1-4-19(5-2)9-8-17-14(20)15(21)18-13-7-6-12(16)10-11(13)3/h6-7,10H,4-5,8-9H2,1-3H3,(H,17,20)(H,18,21). The van der Waals surface area contributed by atoms with Crippen molar-refractivity contribution in [2.75, 3.05) is 31.5 Å². The Kier molecular flexibility index (Phi) is 7.66. The molecule has 0 aliphatic rings. The molecule has 6 heteroatoms. The van der Waals surface area contributed by atoms with E-state index in [2.05, 4.69) is 52.0 Å². The molecule has 0 saturated carbocycles. The number of aryl methyl sites for hydroxylation is 1. The molecule has 0 bridgehead atoms. The lowest BCUT2D eigenvalue weighted by molar-refractivity contribution is -0.136. The van der Waals surface area contributed by atoms with Gasteiger partial charge in [-0.1, -0.05) is 13.8 Å². The highest BCUT2D eigenvalue weighted by Crippen LogP contribution is 2.17. The van der Waals surface area contributed by atoms with Crippen LogP contribution in [0, 0.1) is 10.5 Å². The van der Waals surface area contributed by atoms with E-state index in [9.17, 15) is 9.59 Å². The lowest BCUT2D eigenvalue weighted by Crippen LogP contribution is -2.40. The number of rotatable bonds is 6. The number of carbonyl (C=O) groups is 2. The third kappa shape index (κ3) is 6.01. The lowest BCUT2D eigenvalue weighted by atomic mass is 10.2. The number of nitrogens with zero attached hydrogens (tertiary/aromatic N) is 1. The van der Waals surface area contributed by atoms with Crippen molar-refractivity contribution in [3.8, 4) is 0 Å². The van der Waals surface area contributed by atoms with Crippen molar-refractivity contribution >= 4 is 40.1 Å². The predicted molar refractivity (Wildman–Crippen MR) is 93.3 cm³/mol. The maximum absolute atomic E-state index is 11.8. The second kappa shape index (κ2) is 8.99. The van der Waals surface area contributed by atoms with E-state index in [1.54, 1.807) is 6.07 Å². The Hall–Kier alpha value is -1.15. The molecule has 2 N–H and O–H groups in total. The molecule has 0 saturated heterocycles. The quantitative estimate of drug-likeness (QED) is 0.564. The van der Waals surface area contributed by atoms with Crippen molar-refractivity contribution in [2.45, 2.75) is 20.8 Å². The van der Waals surface area contributed by atoms with E-state index in [1.807, 2.05) is 19.1 Å². The summed E-state index contributed by atoms with van der Waals surface area (Å²) >= 11 is 2.20. The first-order valence-electron chi connectivity index (χ1n) is 7.05. The van der Waals surface area contributed by atoms with Crippen LogP contribution in [0.1, 0.15) is 19.4 Å². The molecular formula is C15H22IN3O2. The second-order valence-electron chi connectivity index (χ2n) is 4.70. The number of nitrogens with one attached hydrogen (secondary N) is 2. The molecule has 0 atom stereocenters. The second-order valence-corrected chi connectivity index (χ2v) is 5.94. The summed E-state index contributed by atoms with van der Waals surface area (Å²) < 4.78 is 1.09. The molecule has 0 unspecified atom stereocenters. The SMILES string of the molecule is CCN(CC)CCNC(=O)C(=O)Nc1ccc(I)cc1C. The molecule has 1 aromatic rings. The molecule has 0 aromatic heterocycles. The Balaban J connectivity index is 2.46. The van der Waals surface area contributed by atoms with E-state index in [4.69, 9.17) is 0 Å². The van der Waals surface area contributed by atoms with Crippen LogP contribution in [-0.2, 0) is 9.59 Å². The molecule has 1 rings (SSSR count). The number of benzene rings is 1. The first-order chi connectivity index (χ1) is 9.97. The summed E-state index contributed by atoms with van der Waals surface area (Å²) in [6.07, 6.45) is 0. The predicted octanol–water partition coefficient (Wildman–Crippen LogP) is 2.00. The highest BCUT2D eigenvalue weighted by Gasteiger charge is 2.14. The summed E-state index contributed by atoms with van der Waals surface area (Å²) in [6.45, 7) is 9.11. The fraction of sp³-hybridized carbons (Fsp3) is 0.467. The van der Waals surface area contributed by atoms with E-state index < -0.39 is 11.8 Å². The van der Waals surface area contributed by atoms with Gasteiger partial charge in [0.1, 0.15) is 0 Å². The van der Waals surface area contributed by atoms with E-state index in [-0.39, 0.29) is 0 Å². The van der Waals surface area contributed by atoms with Gasteiger partial charge in [0.25, 0.3) is 0 Å². The van der Waals surface area contributed by atoms with Crippen molar-refractivity contribution in [1.29, 1.82) is 0 Å². The van der Waals surface area contributed by atoms with Crippen molar-refractivity contribution in [1.82, 2.24) is 10.2 Å². The van der Waals surface area contributed by atoms with Gasteiger partial charge < -0.3 is 15.5 Å². The van der Waals surface area contributed by atoms with E-state index in [0.29, 0.717) is 12.2 Å². The van der Waals surface area contributed by atoms with Crippen LogP contribution in [0.15, 0.2) is 18.2 Å². The highest BCUT2D eigenvalue weighted by atomic mass is 127. The van der Waals surface area contributed by atoms with Crippen LogP contribution in [0.5, 0.6) is 0 Å². The molecule has 0 fully saturated rings. The van der Waals surface area contributed by atoms with Crippen LogP contribution in [0.25, 0.3) is 0 Å². The van der Waals surface area contributed by atoms with Crippen molar-refractivity contribution < 1.29 is 9.59 Å². The minimum Gasteiger partial charge on any atom is -0.347 e. The van der Waals surface area contributed by atoms with Gasteiger partial charge in [0.2, 0.25) is 0 Å². The molecule has 2 amide bonds. The minimum atomic E-state index is -0.626. The fourth-order valence-electron chi connectivity index (χ4n) is 1.89. The van der Waals surface area contributed by atoms with Gasteiger partial charge in [0, 0.05) is 22.3 Å². The van der Waals surface area contributed by atoms with Gasteiger partial charge in [-0.15, -0.1) is 0 Å². The van der Waals surface area contributed by atoms with Crippen molar-refractivity contribution in [3.05, 3.63) is 27.3 Å². The van der Waals surface area contributed by atoms with Gasteiger partial charge in [-0.2, -0.15) is 0 Å². The van der Waals surface area contributed by atoms with Crippen LogP contribution in [0.2, 0.25) is 0 Å². The summed E-state index contributed by atoms with van der Waals surface area (Å²) in [4.78, 5) is 25.7. The van der Waals surface area contributed by atoms with Crippen molar-refractivity contribution in [2.24, 2.45) is 0 Å². The van der Waals surface area contributed by atoms with Gasteiger partial charge in [0.15, 0.2) is 0 Å². The van der Waals surface area contributed by atoms with Gasteiger partial charge in [0.05, 0.1) is 0 Å². The zero-order valence-corrected chi connectivity index (χ0v) is 14.9. The van der Waals surface area contributed by atoms with E-state index >= 15 is 0 Å². The van der Waals surface area contributed by atoms with Crippen LogP contribution in [0.3, 0.4) is 0 Å². The number of carbonyl (C=O) groups excluding carboxylic acids is 2. The lowest BCUT2D eigenvalue weighted by Gasteiger charge is -2.17. The molecule has 5 nitrogen and oxygen atoms in total. The Bertz CT molecular complexity index is 502. The summed E-state index contributed by atoms with van der Waals surface area (Å²) in [5.74, 6) is -1.22. The average Bonchev–Trinajstić information content (AvgIpc) is 2.46. The average molecular weight is 403 g/mol. The highest BCUT2D eigenvalue weighted by molar-refractivity contribution is 14.1. The Morgan fingerprint density at radius 3 is 2.43 bits per heavy atom. The maximum atomic E-state index is 11.8. The van der Waals surface area contributed by atoms with Gasteiger partial charge in [-0.25, -0.2) is 0 Å². The zero-order valence-electron chi connectivity index (χ0n) is 12.7. The van der Waals surface area contributed by atoms with Crippen molar-refractivity contribution in [3.63, 3.8) is 0 Å². The first-order valence-corrected chi connectivity index (χ1v) is 8.13. The summed E-state index contributed by atoms with van der Waals surface area (Å²) in [5, 5.41) is 5.27. The normalized spacial score (nSPS) is 10.5. The van der Waals surface area contributed by atoms with Gasteiger partial charge in [-0.05, 0) is 66.4 Å². The third-order valence-corrected chi connectivity index (χ3v) is 3.92. The monoisotopic (exact) mass is 403 g/mol. The zero-order chi connectivity index (χ0) is 15.8. The summed E-state index contributed by atoms with van der Waals surface area (Å²) in [5.41, 5.74) is 1.60. The van der Waals surface area contributed by atoms with E-state index in [0.717, 1.165) is 28.8 Å². The number of likely N-dealkylation sites (N-methyl/N-ethyl adjacent to an activating group) is 1. The molecule has 21 heavy (non-hydrogen) atoms. The molecule has 116 valence electrons. The Morgan fingerprint density at radius 1 is 1.19 bits per heavy atom. The molecule has 0 spiro atoms. The maximum Gasteiger partial charge on any atom is 0.313 e. The smallest absolute Gasteiger partial charge is 0.313 e. The van der Waals surface area contributed by atoms with Crippen LogP contribution < -0.4 is 10.6 Å². The third-order valence-electron chi connectivity index (χ3n) is 3.25. The number of anilines is 1. The molecule has 0 radical (unpaired) electrons. The minimum absolute atomic E-state index is 0.472. The van der Waals surface area contributed by atoms with Crippen LogP contribution >= 0.6 is 22.6 Å². The van der Waals surface area contributed by atoms with E-state index in [1.165, 1.54) is 0 Å². The number of halogens is 1. The number of amides is 2. The first kappa shape index (κ1) is 17.9. The molecule has 0 aliphatic heterocycles. The molecule has 1 aromatic carbocycles. The summed E-state index contributed by atoms with van der Waals surface area (Å²) in [7, 11) is 0. The molecule has 0 heterocycles. The molecule has 0 aliphatic carbocycles. The van der Waals surface area contributed by atoms with Gasteiger partial charge >= 0.3 is 11.8 Å². The Labute approximate surface area is 139 Å².